The summed E-state index contributed by atoms with van der Waals surface area (Å²) in [5.74, 6) is 2.56. The molecule has 1 saturated heterocycles. The molecule has 2 aromatic rings. The van der Waals surface area contributed by atoms with E-state index in [4.69, 9.17) is 0 Å². The molecule has 0 unspecified atom stereocenters. The minimum Gasteiger partial charge on any atom is -0.307 e. The predicted molar refractivity (Wildman–Crippen MR) is 82.6 cm³/mol. The number of nitrogens with one attached hydrogen (secondary N) is 1. The minimum atomic E-state index is 0.653. The van der Waals surface area contributed by atoms with Crippen LogP contribution in [0, 0.1) is 6.92 Å². The van der Waals surface area contributed by atoms with E-state index in [1.54, 1.807) is 0 Å². The van der Waals surface area contributed by atoms with Gasteiger partial charge in [-0.3, -0.25) is 4.68 Å². The molecule has 0 radical (unpaired) electrons. The molecule has 1 aliphatic rings. The summed E-state index contributed by atoms with van der Waals surface area (Å²) < 4.78 is 1.99. The number of hydrogen-bond acceptors (Lipinski definition) is 3. The smallest absolute Gasteiger partial charge is 0.0841 e. The number of aromatic nitrogens is 2. The van der Waals surface area contributed by atoms with Crippen LogP contribution in [0.2, 0.25) is 0 Å². The van der Waals surface area contributed by atoms with Gasteiger partial charge in [0, 0.05) is 30.8 Å². The SMILES string of the molecule is Cc1ccc2c(c1)c(CN[C@H]1CCCSC1)nn2C. The molecule has 1 atom stereocenters. The Morgan fingerprint density at radius 3 is 3.16 bits per heavy atom. The van der Waals surface area contributed by atoms with E-state index < -0.39 is 0 Å². The summed E-state index contributed by atoms with van der Waals surface area (Å²) >= 11 is 2.06. The van der Waals surface area contributed by atoms with Crippen molar-refractivity contribution in [1.82, 2.24) is 15.1 Å². The monoisotopic (exact) mass is 275 g/mol. The predicted octanol–water partition coefficient (Wildman–Crippen LogP) is 2.87. The topological polar surface area (TPSA) is 29.9 Å². The van der Waals surface area contributed by atoms with Gasteiger partial charge in [0.25, 0.3) is 0 Å². The van der Waals surface area contributed by atoms with Crippen LogP contribution in [0.15, 0.2) is 18.2 Å². The average Bonchev–Trinajstić information content (AvgIpc) is 2.74. The lowest BCUT2D eigenvalue weighted by atomic mass is 10.1. The van der Waals surface area contributed by atoms with Gasteiger partial charge in [-0.2, -0.15) is 16.9 Å². The van der Waals surface area contributed by atoms with Gasteiger partial charge < -0.3 is 5.32 Å². The number of rotatable bonds is 3. The molecule has 1 aliphatic heterocycles. The normalized spacial score (nSPS) is 20.0. The van der Waals surface area contributed by atoms with Crippen LogP contribution in [0.3, 0.4) is 0 Å². The Morgan fingerprint density at radius 1 is 1.47 bits per heavy atom. The van der Waals surface area contributed by atoms with Crippen molar-refractivity contribution >= 4 is 22.7 Å². The Labute approximate surface area is 118 Å². The van der Waals surface area contributed by atoms with E-state index in [1.165, 1.54) is 46.5 Å². The lowest BCUT2D eigenvalue weighted by molar-refractivity contribution is 0.502. The quantitative estimate of drug-likeness (QED) is 0.934. The fraction of sp³-hybridized carbons (Fsp3) is 0.533. The molecule has 0 bridgehead atoms. The number of nitrogens with zero attached hydrogens (tertiary/aromatic N) is 2. The molecule has 1 fully saturated rings. The molecular formula is C15H21N3S. The van der Waals surface area contributed by atoms with E-state index in [0.29, 0.717) is 6.04 Å². The van der Waals surface area contributed by atoms with Crippen LogP contribution in [0.4, 0.5) is 0 Å². The molecule has 19 heavy (non-hydrogen) atoms. The Hall–Kier alpha value is -1.00. The Kier molecular flexibility index (Phi) is 3.80. The van der Waals surface area contributed by atoms with Crippen LogP contribution >= 0.6 is 11.8 Å². The van der Waals surface area contributed by atoms with Crippen molar-refractivity contribution in [3.05, 3.63) is 29.5 Å². The van der Waals surface area contributed by atoms with Crippen molar-refractivity contribution in [1.29, 1.82) is 0 Å². The van der Waals surface area contributed by atoms with Crippen LogP contribution in [0.1, 0.15) is 24.1 Å². The van der Waals surface area contributed by atoms with Gasteiger partial charge in [-0.15, -0.1) is 0 Å². The third-order valence-electron chi connectivity index (χ3n) is 3.80. The summed E-state index contributed by atoms with van der Waals surface area (Å²) in [6, 6.07) is 7.21. The number of thioether (sulfide) groups is 1. The molecule has 0 amide bonds. The van der Waals surface area contributed by atoms with E-state index in [-0.39, 0.29) is 0 Å². The first-order valence-corrected chi connectivity index (χ1v) is 8.13. The first kappa shape index (κ1) is 13.0. The highest BCUT2D eigenvalue weighted by Crippen LogP contribution is 2.21. The van der Waals surface area contributed by atoms with Gasteiger partial charge >= 0.3 is 0 Å². The minimum absolute atomic E-state index is 0.653. The van der Waals surface area contributed by atoms with Crippen molar-refractivity contribution < 1.29 is 0 Å². The average molecular weight is 275 g/mol. The molecule has 102 valence electrons. The highest BCUT2D eigenvalue weighted by molar-refractivity contribution is 7.99. The second-order valence-electron chi connectivity index (χ2n) is 5.39. The number of aryl methyl sites for hydroxylation is 2. The lowest BCUT2D eigenvalue weighted by Gasteiger charge is -2.22. The van der Waals surface area contributed by atoms with Crippen molar-refractivity contribution in [2.24, 2.45) is 7.05 Å². The molecule has 1 aromatic carbocycles. The molecule has 0 saturated carbocycles. The molecule has 1 N–H and O–H groups in total. The fourth-order valence-electron chi connectivity index (χ4n) is 2.73. The molecule has 1 aromatic heterocycles. The summed E-state index contributed by atoms with van der Waals surface area (Å²) in [5, 5.41) is 9.62. The summed E-state index contributed by atoms with van der Waals surface area (Å²) in [5.41, 5.74) is 3.70. The number of benzene rings is 1. The third kappa shape index (κ3) is 2.79. The van der Waals surface area contributed by atoms with Crippen molar-refractivity contribution in [3.8, 4) is 0 Å². The standard InChI is InChI=1S/C15H21N3S/c1-11-5-6-15-13(8-11)14(17-18(15)2)9-16-12-4-3-7-19-10-12/h5-6,8,12,16H,3-4,7,9-10H2,1-2H3/t12-/m0/s1. The van der Waals surface area contributed by atoms with Crippen LogP contribution in [-0.2, 0) is 13.6 Å². The molecule has 4 heteroatoms. The van der Waals surface area contributed by atoms with E-state index in [0.717, 1.165) is 6.54 Å². The van der Waals surface area contributed by atoms with Gasteiger partial charge in [0.1, 0.15) is 0 Å². The van der Waals surface area contributed by atoms with Gasteiger partial charge in [-0.25, -0.2) is 0 Å². The molecule has 2 heterocycles. The van der Waals surface area contributed by atoms with Gasteiger partial charge in [-0.1, -0.05) is 11.6 Å². The van der Waals surface area contributed by atoms with E-state index in [1.807, 2.05) is 11.7 Å². The zero-order chi connectivity index (χ0) is 13.2. The molecule has 0 spiro atoms. The van der Waals surface area contributed by atoms with Crippen LogP contribution in [0.5, 0.6) is 0 Å². The zero-order valence-corrected chi connectivity index (χ0v) is 12.5. The van der Waals surface area contributed by atoms with E-state index >= 15 is 0 Å². The molecular weight excluding hydrogens is 254 g/mol. The van der Waals surface area contributed by atoms with Crippen LogP contribution < -0.4 is 5.32 Å². The fourth-order valence-corrected chi connectivity index (χ4v) is 3.83. The van der Waals surface area contributed by atoms with E-state index in [2.05, 4.69) is 47.3 Å². The van der Waals surface area contributed by atoms with Gasteiger partial charge in [0.05, 0.1) is 11.2 Å². The molecule has 3 rings (SSSR count). The Balaban J connectivity index is 1.78. The zero-order valence-electron chi connectivity index (χ0n) is 11.6. The number of fused-ring (bicyclic) bond motifs is 1. The van der Waals surface area contributed by atoms with E-state index in [9.17, 15) is 0 Å². The second kappa shape index (κ2) is 5.55. The largest absolute Gasteiger partial charge is 0.307 e. The highest BCUT2D eigenvalue weighted by Gasteiger charge is 2.15. The first-order chi connectivity index (χ1) is 9.24. The lowest BCUT2D eigenvalue weighted by Crippen LogP contribution is -2.33. The van der Waals surface area contributed by atoms with Crippen LogP contribution in [0.25, 0.3) is 10.9 Å². The van der Waals surface area contributed by atoms with Crippen molar-refractivity contribution in [2.45, 2.75) is 32.4 Å². The summed E-state index contributed by atoms with van der Waals surface area (Å²) in [6.07, 6.45) is 2.64. The van der Waals surface area contributed by atoms with Gasteiger partial charge in [0.15, 0.2) is 0 Å². The van der Waals surface area contributed by atoms with Gasteiger partial charge in [0.2, 0.25) is 0 Å². The summed E-state index contributed by atoms with van der Waals surface area (Å²) in [4.78, 5) is 0. The number of hydrogen-bond donors (Lipinski definition) is 1. The Morgan fingerprint density at radius 2 is 2.37 bits per heavy atom. The maximum absolute atomic E-state index is 4.66. The first-order valence-electron chi connectivity index (χ1n) is 6.97. The maximum atomic E-state index is 4.66. The van der Waals surface area contributed by atoms with Gasteiger partial charge in [-0.05, 0) is 37.7 Å². The summed E-state index contributed by atoms with van der Waals surface area (Å²) in [7, 11) is 2.03. The maximum Gasteiger partial charge on any atom is 0.0841 e. The van der Waals surface area contributed by atoms with Crippen molar-refractivity contribution in [3.63, 3.8) is 0 Å². The van der Waals surface area contributed by atoms with Crippen molar-refractivity contribution in [2.75, 3.05) is 11.5 Å². The highest BCUT2D eigenvalue weighted by atomic mass is 32.2. The second-order valence-corrected chi connectivity index (χ2v) is 6.54. The third-order valence-corrected chi connectivity index (χ3v) is 5.02. The molecule has 0 aliphatic carbocycles. The molecule has 3 nitrogen and oxygen atoms in total. The summed E-state index contributed by atoms with van der Waals surface area (Å²) in [6.45, 7) is 3.02. The Bertz CT molecular complexity index is 570. The van der Waals surface area contributed by atoms with Crippen LogP contribution in [-0.4, -0.2) is 27.3 Å².